The highest BCUT2D eigenvalue weighted by Gasteiger charge is 2.08. The molecule has 0 spiro atoms. The van der Waals surface area contributed by atoms with Gasteiger partial charge >= 0.3 is 5.97 Å². The van der Waals surface area contributed by atoms with Crippen LogP contribution in [0.3, 0.4) is 0 Å². The monoisotopic (exact) mass is 258 g/mol. The fraction of sp³-hybridized carbons (Fsp3) is 0.100. The molecule has 0 bridgehead atoms. The number of hydrogen-bond acceptors (Lipinski definition) is 4. The van der Waals surface area contributed by atoms with Crippen molar-refractivity contribution in [2.24, 2.45) is 0 Å². The Morgan fingerprint density at radius 1 is 1.38 bits per heavy atom. The van der Waals surface area contributed by atoms with Gasteiger partial charge in [-0.3, -0.25) is 0 Å². The second kappa shape index (κ2) is 5.09. The molecule has 2 rings (SSSR count). The number of nitrogens with zero attached hydrogens (tertiary/aromatic N) is 2. The molecule has 0 atom stereocenters. The average Bonchev–Trinajstić information content (AvgIpc) is 2.28. The van der Waals surface area contributed by atoms with Crippen LogP contribution in [-0.2, 0) is 4.74 Å². The van der Waals surface area contributed by atoms with E-state index in [9.17, 15) is 4.79 Å². The summed E-state index contributed by atoms with van der Waals surface area (Å²) in [5, 5.41) is 0.966. The van der Waals surface area contributed by atoms with Gasteiger partial charge < -0.3 is 4.74 Å². The Hall–Kier alpha value is -1.39. The number of benzene rings is 1. The van der Waals surface area contributed by atoms with E-state index in [0.717, 1.165) is 0 Å². The number of halogens is 2. The van der Waals surface area contributed by atoms with Crippen LogP contribution in [0.1, 0.15) is 10.4 Å². The molecule has 0 aliphatic carbocycles. The van der Waals surface area contributed by atoms with Crippen LogP contribution in [0.5, 0.6) is 0 Å². The first-order valence-corrected chi connectivity index (χ1v) is 4.59. The minimum Gasteiger partial charge on any atom is -0.465 e. The predicted octanol–water partition coefficient (Wildman–Crippen LogP) is 2.49. The van der Waals surface area contributed by atoms with E-state index in [4.69, 9.17) is 11.6 Å². The normalized spacial score (nSPS) is 9.62. The quantitative estimate of drug-likeness (QED) is 0.583. The lowest BCUT2D eigenvalue weighted by Crippen LogP contribution is -2.00. The van der Waals surface area contributed by atoms with E-state index in [1.807, 2.05) is 0 Å². The molecular formula is C10H8Cl2N2O2. The summed E-state index contributed by atoms with van der Waals surface area (Å²) in [5.41, 5.74) is 1.13. The van der Waals surface area contributed by atoms with Crippen molar-refractivity contribution < 1.29 is 9.53 Å². The van der Waals surface area contributed by atoms with Crippen molar-refractivity contribution in [1.29, 1.82) is 0 Å². The Morgan fingerprint density at radius 2 is 2.12 bits per heavy atom. The second-order valence-corrected chi connectivity index (χ2v) is 3.25. The zero-order valence-corrected chi connectivity index (χ0v) is 9.88. The van der Waals surface area contributed by atoms with Crippen LogP contribution < -0.4 is 0 Å². The van der Waals surface area contributed by atoms with Crippen molar-refractivity contribution in [3.05, 3.63) is 35.2 Å². The third-order valence-electron chi connectivity index (χ3n) is 2.01. The first-order chi connectivity index (χ1) is 7.22. The molecule has 0 unspecified atom stereocenters. The predicted molar refractivity (Wildman–Crippen MR) is 63.1 cm³/mol. The number of methoxy groups -OCH3 is 1. The van der Waals surface area contributed by atoms with Crippen LogP contribution in [0, 0.1) is 0 Å². The maximum absolute atomic E-state index is 11.3. The van der Waals surface area contributed by atoms with Crippen molar-refractivity contribution in [3.8, 4) is 0 Å². The maximum Gasteiger partial charge on any atom is 0.337 e. The van der Waals surface area contributed by atoms with E-state index in [1.165, 1.54) is 13.4 Å². The number of ether oxygens (including phenoxy) is 1. The summed E-state index contributed by atoms with van der Waals surface area (Å²) >= 11 is 5.87. The third kappa shape index (κ3) is 2.23. The third-order valence-corrected chi connectivity index (χ3v) is 2.31. The van der Waals surface area contributed by atoms with Gasteiger partial charge in [0.2, 0.25) is 0 Å². The Balaban J connectivity index is 0.00000128. The van der Waals surface area contributed by atoms with Gasteiger partial charge in [-0.25, -0.2) is 14.8 Å². The molecule has 0 radical (unpaired) electrons. The standard InChI is InChI=1S/C10H7ClN2O2.ClH/c1-15-10(14)6-2-3-8-7(4-6)9(11)13-5-12-8;/h2-5H,1H3;1H. The Morgan fingerprint density at radius 3 is 2.81 bits per heavy atom. The molecule has 0 aliphatic rings. The number of carbonyl (C=O) groups is 1. The molecule has 2 aromatic rings. The zero-order chi connectivity index (χ0) is 10.8. The highest BCUT2D eigenvalue weighted by molar-refractivity contribution is 6.34. The lowest BCUT2D eigenvalue weighted by Gasteiger charge is -2.01. The van der Waals surface area contributed by atoms with Gasteiger partial charge in [-0.2, -0.15) is 0 Å². The van der Waals surface area contributed by atoms with Crippen LogP contribution in [0.25, 0.3) is 10.9 Å². The van der Waals surface area contributed by atoms with Gasteiger partial charge in [0.1, 0.15) is 11.5 Å². The van der Waals surface area contributed by atoms with E-state index < -0.39 is 5.97 Å². The second-order valence-electron chi connectivity index (χ2n) is 2.89. The summed E-state index contributed by atoms with van der Waals surface area (Å²) in [6.45, 7) is 0. The number of hydrogen-bond donors (Lipinski definition) is 0. The molecular weight excluding hydrogens is 251 g/mol. The highest BCUT2D eigenvalue weighted by Crippen LogP contribution is 2.20. The molecule has 0 fully saturated rings. The molecule has 6 heteroatoms. The first kappa shape index (κ1) is 12.7. The van der Waals surface area contributed by atoms with Gasteiger partial charge in [-0.05, 0) is 18.2 Å². The zero-order valence-electron chi connectivity index (χ0n) is 8.31. The summed E-state index contributed by atoms with van der Waals surface area (Å²) in [7, 11) is 1.33. The molecule has 0 saturated heterocycles. The minimum absolute atomic E-state index is 0. The van der Waals surface area contributed by atoms with Crippen LogP contribution in [0.4, 0.5) is 0 Å². The van der Waals surface area contributed by atoms with E-state index in [2.05, 4.69) is 14.7 Å². The number of esters is 1. The van der Waals surface area contributed by atoms with Gasteiger partial charge in [0, 0.05) is 5.39 Å². The molecule has 4 nitrogen and oxygen atoms in total. The van der Waals surface area contributed by atoms with Crippen LogP contribution in [-0.4, -0.2) is 23.0 Å². The first-order valence-electron chi connectivity index (χ1n) is 4.21. The van der Waals surface area contributed by atoms with E-state index in [1.54, 1.807) is 18.2 Å². The lowest BCUT2D eigenvalue weighted by atomic mass is 10.1. The number of fused-ring (bicyclic) bond motifs is 1. The summed E-state index contributed by atoms with van der Waals surface area (Å²) in [5.74, 6) is -0.406. The van der Waals surface area contributed by atoms with Gasteiger partial charge in [-0.15, -0.1) is 12.4 Å². The topological polar surface area (TPSA) is 52.1 Å². The highest BCUT2D eigenvalue weighted by atomic mass is 35.5. The van der Waals surface area contributed by atoms with Crippen molar-refractivity contribution >= 4 is 40.9 Å². The molecule has 16 heavy (non-hydrogen) atoms. The average molecular weight is 259 g/mol. The number of carbonyl (C=O) groups excluding carboxylic acids is 1. The van der Waals surface area contributed by atoms with E-state index in [-0.39, 0.29) is 12.4 Å². The molecule has 0 amide bonds. The molecule has 1 heterocycles. The molecule has 1 aromatic carbocycles. The summed E-state index contributed by atoms with van der Waals surface area (Å²) < 4.78 is 4.60. The van der Waals surface area contributed by atoms with Gasteiger partial charge in [-0.1, -0.05) is 11.6 Å². The van der Waals surface area contributed by atoms with Crippen molar-refractivity contribution in [3.63, 3.8) is 0 Å². The van der Waals surface area contributed by atoms with Crippen LogP contribution >= 0.6 is 24.0 Å². The van der Waals surface area contributed by atoms with Crippen LogP contribution in [0.15, 0.2) is 24.5 Å². The van der Waals surface area contributed by atoms with E-state index >= 15 is 0 Å². The van der Waals surface area contributed by atoms with Gasteiger partial charge in [0.25, 0.3) is 0 Å². The minimum atomic E-state index is -0.406. The number of rotatable bonds is 1. The van der Waals surface area contributed by atoms with Gasteiger partial charge in [0.15, 0.2) is 0 Å². The van der Waals surface area contributed by atoms with Crippen LogP contribution in [0.2, 0.25) is 5.15 Å². The Bertz CT molecular complexity index is 531. The number of aromatic nitrogens is 2. The summed E-state index contributed by atoms with van der Waals surface area (Å²) in [4.78, 5) is 19.1. The van der Waals surface area contributed by atoms with Crippen molar-refractivity contribution in [1.82, 2.24) is 9.97 Å². The van der Waals surface area contributed by atoms with Crippen molar-refractivity contribution in [2.45, 2.75) is 0 Å². The molecule has 0 N–H and O–H groups in total. The summed E-state index contributed by atoms with van der Waals surface area (Å²) in [6, 6.07) is 4.95. The fourth-order valence-electron chi connectivity index (χ4n) is 1.27. The smallest absolute Gasteiger partial charge is 0.337 e. The molecule has 0 aliphatic heterocycles. The fourth-order valence-corrected chi connectivity index (χ4v) is 1.46. The SMILES string of the molecule is COC(=O)c1ccc2ncnc(Cl)c2c1.Cl. The Labute approximate surface area is 103 Å². The molecule has 0 saturated carbocycles. The Kier molecular flexibility index (Phi) is 4.04. The largest absolute Gasteiger partial charge is 0.465 e. The maximum atomic E-state index is 11.3. The van der Waals surface area contributed by atoms with Gasteiger partial charge in [0.05, 0.1) is 18.2 Å². The van der Waals surface area contributed by atoms with Crippen molar-refractivity contribution in [2.75, 3.05) is 7.11 Å². The lowest BCUT2D eigenvalue weighted by molar-refractivity contribution is 0.0601. The van der Waals surface area contributed by atoms with E-state index in [0.29, 0.717) is 21.6 Å². The molecule has 1 aromatic heterocycles. The molecule has 84 valence electrons. The summed E-state index contributed by atoms with van der Waals surface area (Å²) in [6.07, 6.45) is 1.38.